The number of thioether (sulfide) groups is 1. The number of aromatic nitrogens is 1. The zero-order chi connectivity index (χ0) is 26.0. The summed E-state index contributed by atoms with van der Waals surface area (Å²) in [5.74, 6) is -0.318. The molecule has 0 aliphatic carbocycles. The fourth-order valence-corrected chi connectivity index (χ4v) is 4.93. The fraction of sp³-hybridized carbons (Fsp3) is 0.269. The van der Waals surface area contributed by atoms with E-state index in [2.05, 4.69) is 0 Å². The van der Waals surface area contributed by atoms with Crippen LogP contribution in [0.5, 0.6) is 0 Å². The van der Waals surface area contributed by atoms with Gasteiger partial charge in [-0.1, -0.05) is 12.1 Å². The Labute approximate surface area is 210 Å². The van der Waals surface area contributed by atoms with Crippen LogP contribution in [-0.4, -0.2) is 52.7 Å². The summed E-state index contributed by atoms with van der Waals surface area (Å²) in [4.78, 5) is 28.6. The maximum Gasteiger partial charge on any atom is 0.416 e. The number of benzene rings is 2. The van der Waals surface area contributed by atoms with E-state index in [0.717, 1.165) is 35.3 Å². The van der Waals surface area contributed by atoms with E-state index in [1.165, 1.54) is 17.0 Å². The number of fused-ring (bicyclic) bond motifs is 1. The van der Waals surface area contributed by atoms with Gasteiger partial charge in [0.2, 0.25) is 0 Å². The standard InChI is InChI=1S/C26H23F3N4O2S/c1-31(2)9-3-10-33-24(34)23(36-25(33)35)14-17-5-7-22-19(12-17)8-11-32(22)16-20-6-4-18(15-30)13-21(20)26(27,28)29/h4-8,11-14H,3,9-10,16H2,1-2H3. The molecule has 2 heterocycles. The van der Waals surface area contributed by atoms with Gasteiger partial charge in [0.1, 0.15) is 0 Å². The Kier molecular flexibility index (Phi) is 7.24. The molecule has 2 amide bonds. The Balaban J connectivity index is 1.56. The third-order valence-electron chi connectivity index (χ3n) is 5.84. The first kappa shape index (κ1) is 25.5. The average Bonchev–Trinajstić information content (AvgIpc) is 3.33. The molecule has 0 radical (unpaired) electrons. The van der Waals surface area contributed by atoms with Gasteiger partial charge in [-0.15, -0.1) is 0 Å². The van der Waals surface area contributed by atoms with Gasteiger partial charge in [0.05, 0.1) is 22.1 Å². The van der Waals surface area contributed by atoms with Crippen LogP contribution in [0.25, 0.3) is 17.0 Å². The van der Waals surface area contributed by atoms with Crippen molar-refractivity contribution in [3.8, 4) is 6.07 Å². The lowest BCUT2D eigenvalue weighted by Gasteiger charge is -2.14. The van der Waals surface area contributed by atoms with Gasteiger partial charge >= 0.3 is 6.18 Å². The summed E-state index contributed by atoms with van der Waals surface area (Å²) in [7, 11) is 3.85. The minimum absolute atomic E-state index is 0.0186. The van der Waals surface area contributed by atoms with Crippen LogP contribution in [-0.2, 0) is 17.5 Å². The van der Waals surface area contributed by atoms with Crippen molar-refractivity contribution in [3.05, 3.63) is 75.8 Å². The Morgan fingerprint density at radius 2 is 1.89 bits per heavy atom. The van der Waals surface area contributed by atoms with E-state index in [9.17, 15) is 22.8 Å². The number of halogens is 3. The molecule has 10 heteroatoms. The van der Waals surface area contributed by atoms with E-state index >= 15 is 0 Å². The summed E-state index contributed by atoms with van der Waals surface area (Å²) in [6, 6.07) is 12.5. The maximum absolute atomic E-state index is 13.6. The Hall–Kier alpha value is -3.55. The Morgan fingerprint density at radius 1 is 1.11 bits per heavy atom. The van der Waals surface area contributed by atoms with Crippen molar-refractivity contribution in [1.82, 2.24) is 14.4 Å². The highest BCUT2D eigenvalue weighted by atomic mass is 32.2. The molecule has 4 rings (SSSR count). The molecule has 6 nitrogen and oxygen atoms in total. The van der Waals surface area contributed by atoms with E-state index < -0.39 is 11.7 Å². The van der Waals surface area contributed by atoms with Gasteiger partial charge in [0, 0.05) is 30.2 Å². The topological polar surface area (TPSA) is 69.3 Å². The van der Waals surface area contributed by atoms with Crippen LogP contribution in [0.1, 0.15) is 28.7 Å². The number of hydrogen-bond donors (Lipinski definition) is 0. The first-order valence-electron chi connectivity index (χ1n) is 11.2. The molecule has 1 aliphatic rings. The molecular weight excluding hydrogens is 489 g/mol. The molecule has 36 heavy (non-hydrogen) atoms. The molecule has 1 saturated heterocycles. The zero-order valence-corrected chi connectivity index (χ0v) is 20.5. The minimum Gasteiger partial charge on any atom is -0.343 e. The number of imide groups is 1. The number of nitrogens with zero attached hydrogens (tertiary/aromatic N) is 4. The number of amides is 2. The van der Waals surface area contributed by atoms with Crippen molar-refractivity contribution in [2.24, 2.45) is 0 Å². The van der Waals surface area contributed by atoms with Crippen molar-refractivity contribution >= 4 is 39.9 Å². The summed E-state index contributed by atoms with van der Waals surface area (Å²) in [5, 5.41) is 9.47. The van der Waals surface area contributed by atoms with Crippen LogP contribution in [0.15, 0.2) is 53.6 Å². The average molecular weight is 513 g/mol. The molecule has 0 N–H and O–H groups in total. The Morgan fingerprint density at radius 3 is 2.58 bits per heavy atom. The monoisotopic (exact) mass is 512 g/mol. The van der Waals surface area contributed by atoms with Gasteiger partial charge in [-0.05, 0) is 86.4 Å². The quantitative estimate of drug-likeness (QED) is 0.387. The molecule has 0 spiro atoms. The predicted molar refractivity (Wildman–Crippen MR) is 133 cm³/mol. The van der Waals surface area contributed by atoms with Gasteiger partial charge in [0.25, 0.3) is 11.1 Å². The molecule has 1 fully saturated rings. The number of nitriles is 1. The predicted octanol–water partition coefficient (Wildman–Crippen LogP) is 5.57. The van der Waals surface area contributed by atoms with Gasteiger partial charge in [0.15, 0.2) is 0 Å². The number of carbonyl (C=O) groups excluding carboxylic acids is 2. The van der Waals surface area contributed by atoms with Crippen LogP contribution in [0.3, 0.4) is 0 Å². The van der Waals surface area contributed by atoms with Gasteiger partial charge < -0.3 is 9.47 Å². The normalized spacial score (nSPS) is 15.5. The van der Waals surface area contributed by atoms with Crippen LogP contribution in [0.2, 0.25) is 0 Å². The smallest absolute Gasteiger partial charge is 0.343 e. The number of rotatable bonds is 7. The van der Waals surface area contributed by atoms with E-state index in [4.69, 9.17) is 5.26 Å². The second kappa shape index (κ2) is 10.2. The van der Waals surface area contributed by atoms with E-state index in [1.54, 1.807) is 41.1 Å². The number of hydrogen-bond acceptors (Lipinski definition) is 5. The van der Waals surface area contributed by atoms with Crippen molar-refractivity contribution in [2.45, 2.75) is 19.1 Å². The lowest BCUT2D eigenvalue weighted by Crippen LogP contribution is -2.31. The van der Waals surface area contributed by atoms with Crippen LogP contribution >= 0.6 is 11.8 Å². The summed E-state index contributed by atoms with van der Waals surface area (Å²) in [6.45, 7) is 1.11. The first-order chi connectivity index (χ1) is 17.1. The molecule has 1 aromatic heterocycles. The lowest BCUT2D eigenvalue weighted by molar-refractivity contribution is -0.138. The number of alkyl halides is 3. The molecule has 2 aromatic carbocycles. The minimum atomic E-state index is -4.58. The first-order valence-corrected chi connectivity index (χ1v) is 12.0. The highest BCUT2D eigenvalue weighted by Gasteiger charge is 2.35. The second-order valence-electron chi connectivity index (χ2n) is 8.73. The molecule has 0 unspecified atom stereocenters. The van der Waals surface area contributed by atoms with Crippen LogP contribution in [0, 0.1) is 11.3 Å². The maximum atomic E-state index is 13.6. The van der Waals surface area contributed by atoms with Gasteiger partial charge in [-0.3, -0.25) is 14.5 Å². The third kappa shape index (κ3) is 5.48. The van der Waals surface area contributed by atoms with Crippen LogP contribution in [0.4, 0.5) is 18.0 Å². The van der Waals surface area contributed by atoms with Crippen molar-refractivity contribution < 1.29 is 22.8 Å². The van der Waals surface area contributed by atoms with Crippen LogP contribution < -0.4 is 0 Å². The molecular formula is C26H23F3N4O2S. The highest BCUT2D eigenvalue weighted by Crippen LogP contribution is 2.35. The molecule has 1 aliphatic heterocycles. The fourth-order valence-electron chi connectivity index (χ4n) is 4.07. The van der Waals surface area contributed by atoms with Gasteiger partial charge in [-0.25, -0.2) is 0 Å². The number of carbonyl (C=O) groups is 2. The van der Waals surface area contributed by atoms with Crippen molar-refractivity contribution in [2.75, 3.05) is 27.2 Å². The Bertz CT molecular complexity index is 1400. The molecule has 186 valence electrons. The van der Waals surface area contributed by atoms with E-state index in [1.807, 2.05) is 25.1 Å². The molecule has 0 atom stereocenters. The van der Waals surface area contributed by atoms with E-state index in [0.29, 0.717) is 23.4 Å². The van der Waals surface area contributed by atoms with E-state index in [-0.39, 0.29) is 28.8 Å². The largest absolute Gasteiger partial charge is 0.416 e. The zero-order valence-electron chi connectivity index (χ0n) is 19.7. The highest BCUT2D eigenvalue weighted by molar-refractivity contribution is 8.18. The summed E-state index contributed by atoms with van der Waals surface area (Å²) in [5.41, 5.74) is 0.623. The van der Waals surface area contributed by atoms with Gasteiger partial charge in [-0.2, -0.15) is 18.4 Å². The molecule has 3 aromatic rings. The van der Waals surface area contributed by atoms with Crippen molar-refractivity contribution in [3.63, 3.8) is 0 Å². The summed E-state index contributed by atoms with van der Waals surface area (Å²) >= 11 is 0.905. The summed E-state index contributed by atoms with van der Waals surface area (Å²) in [6.07, 6.45) is -0.526. The molecule has 0 bridgehead atoms. The summed E-state index contributed by atoms with van der Waals surface area (Å²) < 4.78 is 42.4. The lowest BCUT2D eigenvalue weighted by atomic mass is 10.0. The SMILES string of the molecule is CN(C)CCCN1C(=O)SC(=Cc2ccc3c(ccn3Cc3ccc(C#N)cc3C(F)(F)F)c2)C1=O. The van der Waals surface area contributed by atoms with Crippen molar-refractivity contribution in [1.29, 1.82) is 5.26 Å². The molecule has 0 saturated carbocycles. The third-order valence-corrected chi connectivity index (χ3v) is 6.75. The second-order valence-corrected chi connectivity index (χ2v) is 9.73.